The van der Waals surface area contributed by atoms with E-state index in [4.69, 9.17) is 4.74 Å². The van der Waals surface area contributed by atoms with Gasteiger partial charge in [0.1, 0.15) is 22.8 Å². The summed E-state index contributed by atoms with van der Waals surface area (Å²) in [7, 11) is 1.44. The predicted molar refractivity (Wildman–Crippen MR) is 117 cm³/mol. The van der Waals surface area contributed by atoms with Gasteiger partial charge in [0.15, 0.2) is 11.4 Å². The third kappa shape index (κ3) is 4.42. The number of ketones is 1. The molecule has 2 heterocycles. The van der Waals surface area contributed by atoms with Crippen molar-refractivity contribution in [3.63, 3.8) is 0 Å². The van der Waals surface area contributed by atoms with Gasteiger partial charge in [-0.2, -0.15) is 0 Å². The first-order valence-electron chi connectivity index (χ1n) is 9.93. The fourth-order valence-electron chi connectivity index (χ4n) is 3.62. The van der Waals surface area contributed by atoms with Crippen molar-refractivity contribution >= 4 is 16.8 Å². The Labute approximate surface area is 190 Å². The summed E-state index contributed by atoms with van der Waals surface area (Å²) in [6.07, 6.45) is -3.84. The number of Topliss-reactive ketones (excluding diaryl/α,β-unsaturated/α-hetero) is 1. The van der Waals surface area contributed by atoms with Crippen molar-refractivity contribution in [3.8, 4) is 22.9 Å². The first-order chi connectivity index (χ1) is 16.2. The van der Waals surface area contributed by atoms with E-state index >= 15 is 0 Å². The van der Waals surface area contributed by atoms with Crippen LogP contribution >= 0.6 is 0 Å². The van der Waals surface area contributed by atoms with Gasteiger partial charge < -0.3 is 14.6 Å². The van der Waals surface area contributed by atoms with E-state index in [2.05, 4.69) is 9.72 Å². The molecule has 0 aliphatic heterocycles. The minimum atomic E-state index is -4.94. The van der Waals surface area contributed by atoms with Gasteiger partial charge in [-0.05, 0) is 30.3 Å². The van der Waals surface area contributed by atoms with Gasteiger partial charge in [-0.1, -0.05) is 24.3 Å². The third-order valence-corrected chi connectivity index (χ3v) is 5.04. The molecule has 0 atom stereocenters. The Hall–Kier alpha value is -4.34. The summed E-state index contributed by atoms with van der Waals surface area (Å²) in [4.78, 5) is 30.7. The quantitative estimate of drug-likeness (QED) is 0.420. The van der Waals surface area contributed by atoms with Crippen molar-refractivity contribution in [3.05, 3.63) is 88.3 Å². The van der Waals surface area contributed by atoms with E-state index in [0.717, 1.165) is 16.7 Å². The Morgan fingerprint density at radius 1 is 1.09 bits per heavy atom. The Bertz CT molecular complexity index is 1450. The van der Waals surface area contributed by atoms with Gasteiger partial charge in [0, 0.05) is 24.2 Å². The number of nitrogens with zero attached hydrogens (tertiary/aromatic N) is 2. The second kappa shape index (κ2) is 8.89. The minimum absolute atomic E-state index is 0.0261. The molecule has 34 heavy (non-hydrogen) atoms. The normalized spacial score (nSPS) is 11.4. The molecule has 0 fully saturated rings. The Morgan fingerprint density at radius 3 is 2.59 bits per heavy atom. The number of aromatic nitrogens is 2. The average molecular weight is 470 g/mol. The molecule has 0 aliphatic rings. The van der Waals surface area contributed by atoms with Gasteiger partial charge in [0.25, 0.3) is 5.56 Å². The first kappa shape index (κ1) is 22.8. The van der Waals surface area contributed by atoms with Crippen LogP contribution in [0.15, 0.2) is 71.7 Å². The molecule has 0 saturated heterocycles. The van der Waals surface area contributed by atoms with Crippen LogP contribution in [0, 0.1) is 0 Å². The summed E-state index contributed by atoms with van der Waals surface area (Å²) in [6.45, 7) is 0. The molecular weight excluding hydrogens is 453 g/mol. The molecule has 0 saturated carbocycles. The molecule has 174 valence electrons. The number of alkyl halides is 3. The van der Waals surface area contributed by atoms with Gasteiger partial charge in [-0.15, -0.1) is 13.2 Å². The van der Waals surface area contributed by atoms with E-state index in [1.54, 1.807) is 24.3 Å². The highest BCUT2D eigenvalue weighted by atomic mass is 19.4. The number of ether oxygens (including phenoxy) is 2. The maximum Gasteiger partial charge on any atom is 0.573 e. The molecule has 2 aromatic carbocycles. The van der Waals surface area contributed by atoms with Gasteiger partial charge in [-0.25, -0.2) is 4.98 Å². The number of fused-ring (bicyclic) bond motifs is 1. The predicted octanol–water partition coefficient (Wildman–Crippen LogP) is 4.42. The van der Waals surface area contributed by atoms with Gasteiger partial charge in [0.2, 0.25) is 0 Å². The zero-order chi connectivity index (χ0) is 24.5. The molecule has 0 bridgehead atoms. The molecule has 0 unspecified atom stereocenters. The highest BCUT2D eigenvalue weighted by Crippen LogP contribution is 2.30. The summed E-state index contributed by atoms with van der Waals surface area (Å²) in [5.41, 5.74) is -1.03. The summed E-state index contributed by atoms with van der Waals surface area (Å²) >= 11 is 0. The van der Waals surface area contributed by atoms with Crippen LogP contribution in [-0.2, 0) is 6.42 Å². The van der Waals surface area contributed by atoms with E-state index in [1.165, 1.54) is 37.6 Å². The van der Waals surface area contributed by atoms with Crippen molar-refractivity contribution in [2.45, 2.75) is 12.8 Å². The van der Waals surface area contributed by atoms with Crippen LogP contribution in [0.1, 0.15) is 15.9 Å². The topological polar surface area (TPSA) is 90.7 Å². The van der Waals surface area contributed by atoms with Gasteiger partial charge in [-0.3, -0.25) is 14.2 Å². The summed E-state index contributed by atoms with van der Waals surface area (Å²) < 4.78 is 48.3. The van der Waals surface area contributed by atoms with Gasteiger partial charge >= 0.3 is 6.36 Å². The van der Waals surface area contributed by atoms with Crippen molar-refractivity contribution in [1.29, 1.82) is 0 Å². The number of aromatic hydroxyl groups is 1. The highest BCUT2D eigenvalue weighted by Gasteiger charge is 2.31. The Morgan fingerprint density at radius 2 is 1.85 bits per heavy atom. The molecular formula is C24H17F3N2O5. The Balaban J connectivity index is 1.90. The van der Waals surface area contributed by atoms with E-state index in [1.807, 2.05) is 0 Å². The smallest absolute Gasteiger partial charge is 0.506 e. The number of methoxy groups -OCH3 is 1. The third-order valence-electron chi connectivity index (χ3n) is 5.04. The lowest BCUT2D eigenvalue weighted by molar-refractivity contribution is -0.274. The van der Waals surface area contributed by atoms with E-state index < -0.39 is 34.8 Å². The van der Waals surface area contributed by atoms with Crippen molar-refractivity contribution in [2.24, 2.45) is 0 Å². The van der Waals surface area contributed by atoms with Crippen LogP contribution in [0.3, 0.4) is 0 Å². The molecule has 0 aliphatic carbocycles. The molecule has 7 nitrogen and oxygen atoms in total. The van der Waals surface area contributed by atoms with E-state index in [-0.39, 0.29) is 23.1 Å². The van der Waals surface area contributed by atoms with Crippen molar-refractivity contribution in [1.82, 2.24) is 9.55 Å². The first-order valence-corrected chi connectivity index (χ1v) is 9.93. The van der Waals surface area contributed by atoms with E-state index in [0.29, 0.717) is 11.3 Å². The maximum absolute atomic E-state index is 13.4. The summed E-state index contributed by atoms with van der Waals surface area (Å²) in [5, 5.41) is 10.9. The number of benzene rings is 2. The number of hydrogen-bond acceptors (Lipinski definition) is 6. The molecule has 0 amide bonds. The molecule has 2 aromatic heterocycles. The second-order valence-electron chi connectivity index (χ2n) is 7.20. The fourth-order valence-corrected chi connectivity index (χ4v) is 3.62. The lowest BCUT2D eigenvalue weighted by atomic mass is 10.0. The van der Waals surface area contributed by atoms with Gasteiger partial charge in [0.05, 0.1) is 18.2 Å². The fraction of sp³-hybridized carbons (Fsp3) is 0.125. The molecule has 10 heteroatoms. The average Bonchev–Trinajstić information content (AvgIpc) is 2.79. The molecule has 4 rings (SSSR count). The van der Waals surface area contributed by atoms with Crippen LogP contribution in [0.25, 0.3) is 16.7 Å². The van der Waals surface area contributed by atoms with Crippen molar-refractivity contribution < 1.29 is 32.5 Å². The number of rotatable bonds is 6. The monoisotopic (exact) mass is 470 g/mol. The molecule has 4 aromatic rings. The van der Waals surface area contributed by atoms with Crippen LogP contribution in [0.2, 0.25) is 0 Å². The highest BCUT2D eigenvalue weighted by molar-refractivity contribution is 6.04. The second-order valence-corrected chi connectivity index (χ2v) is 7.20. The molecule has 0 radical (unpaired) electrons. The van der Waals surface area contributed by atoms with Crippen molar-refractivity contribution in [2.75, 3.05) is 7.11 Å². The van der Waals surface area contributed by atoms with E-state index in [9.17, 15) is 27.9 Å². The Kier molecular flexibility index (Phi) is 5.97. The number of carbonyl (C=O) groups excluding carboxylic acids is 1. The van der Waals surface area contributed by atoms with Crippen LogP contribution in [0.5, 0.6) is 17.2 Å². The standard InChI is InChI=1S/C24H17F3N2O5/c1-33-19-10-3-2-6-14(19)12-18(30)20-21(31)17-9-5-11-28-22(17)29(23(20)32)15-7-4-8-16(13-15)34-24(25,26)27/h2-11,13,31H,12H2,1H3. The zero-order valence-corrected chi connectivity index (χ0v) is 17.7. The molecule has 1 N–H and O–H groups in total. The number of para-hydroxylation sites is 1. The minimum Gasteiger partial charge on any atom is -0.506 e. The summed E-state index contributed by atoms with van der Waals surface area (Å²) in [5.74, 6) is -1.40. The lowest BCUT2D eigenvalue weighted by Gasteiger charge is -2.15. The number of halogens is 3. The number of hydrogen-bond donors (Lipinski definition) is 1. The lowest BCUT2D eigenvalue weighted by Crippen LogP contribution is -2.27. The number of pyridine rings is 2. The maximum atomic E-state index is 13.4. The number of carbonyl (C=O) groups is 1. The molecule has 0 spiro atoms. The largest absolute Gasteiger partial charge is 0.573 e. The van der Waals surface area contributed by atoms with Crippen LogP contribution in [-0.4, -0.2) is 33.9 Å². The SMILES string of the molecule is COc1ccccc1CC(=O)c1c(O)c2cccnc2n(-c2cccc(OC(F)(F)F)c2)c1=O. The van der Waals surface area contributed by atoms with Crippen LogP contribution < -0.4 is 15.0 Å². The van der Waals surface area contributed by atoms with Crippen LogP contribution in [0.4, 0.5) is 13.2 Å². The zero-order valence-electron chi connectivity index (χ0n) is 17.7. The summed E-state index contributed by atoms with van der Waals surface area (Å²) in [6, 6.07) is 14.3.